The lowest BCUT2D eigenvalue weighted by Crippen LogP contribution is -2.46. The van der Waals surface area contributed by atoms with E-state index in [9.17, 15) is 9.59 Å². The largest absolute Gasteiger partial charge is 0.481 e. The van der Waals surface area contributed by atoms with Crippen LogP contribution in [0.2, 0.25) is 0 Å². The maximum atomic E-state index is 12.8. The highest BCUT2D eigenvalue weighted by Crippen LogP contribution is 2.24. The molecule has 2 atom stereocenters. The van der Waals surface area contributed by atoms with E-state index >= 15 is 0 Å². The monoisotopic (exact) mass is 333 g/mol. The molecule has 1 heterocycles. The first-order valence-corrected chi connectivity index (χ1v) is 8.74. The molecule has 2 rings (SSSR count). The number of aliphatic carboxylic acids is 1. The Labute approximate surface area is 143 Å². The maximum absolute atomic E-state index is 12.8. The SMILES string of the molecule is CCC(Oc1ccccc1C)C(=O)N1CCCC(CCC(=O)O)C1. The predicted molar refractivity (Wildman–Crippen MR) is 92.1 cm³/mol. The number of piperidine rings is 1. The molecule has 24 heavy (non-hydrogen) atoms. The number of aryl methyl sites for hydroxylation is 1. The van der Waals surface area contributed by atoms with Crippen LogP contribution in [0.5, 0.6) is 5.75 Å². The Balaban J connectivity index is 1.97. The van der Waals surface area contributed by atoms with Gasteiger partial charge in [-0.25, -0.2) is 0 Å². The molecule has 1 aromatic rings. The number of benzene rings is 1. The Hall–Kier alpha value is -2.04. The fourth-order valence-electron chi connectivity index (χ4n) is 3.18. The van der Waals surface area contributed by atoms with Crippen LogP contribution in [0.25, 0.3) is 0 Å². The number of hydrogen-bond acceptors (Lipinski definition) is 3. The topological polar surface area (TPSA) is 66.8 Å². The Bertz CT molecular complexity index is 572. The van der Waals surface area contributed by atoms with Gasteiger partial charge in [0.2, 0.25) is 0 Å². The zero-order valence-electron chi connectivity index (χ0n) is 14.5. The van der Waals surface area contributed by atoms with Crippen LogP contribution in [0.4, 0.5) is 0 Å². The van der Waals surface area contributed by atoms with Crippen molar-refractivity contribution in [3.63, 3.8) is 0 Å². The summed E-state index contributed by atoms with van der Waals surface area (Å²) in [6, 6.07) is 7.71. The van der Waals surface area contributed by atoms with Gasteiger partial charge in [0.1, 0.15) is 5.75 Å². The highest BCUT2D eigenvalue weighted by atomic mass is 16.5. The molecule has 2 unspecified atom stereocenters. The van der Waals surface area contributed by atoms with Gasteiger partial charge in [0.25, 0.3) is 5.91 Å². The molecule has 1 fully saturated rings. The fourth-order valence-corrected chi connectivity index (χ4v) is 3.18. The van der Waals surface area contributed by atoms with Gasteiger partial charge in [-0.15, -0.1) is 0 Å². The summed E-state index contributed by atoms with van der Waals surface area (Å²) in [5, 5.41) is 8.84. The van der Waals surface area contributed by atoms with Gasteiger partial charge in [-0.1, -0.05) is 25.1 Å². The molecule has 5 heteroatoms. The van der Waals surface area contributed by atoms with Crippen molar-refractivity contribution in [3.05, 3.63) is 29.8 Å². The van der Waals surface area contributed by atoms with Gasteiger partial charge in [0.05, 0.1) is 0 Å². The molecule has 132 valence electrons. The number of rotatable bonds is 7. The van der Waals surface area contributed by atoms with Crippen molar-refractivity contribution in [2.75, 3.05) is 13.1 Å². The van der Waals surface area contributed by atoms with Crippen LogP contribution in [0.1, 0.15) is 44.6 Å². The summed E-state index contributed by atoms with van der Waals surface area (Å²) in [6.07, 6.45) is 2.86. The minimum atomic E-state index is -0.771. The summed E-state index contributed by atoms with van der Waals surface area (Å²) < 4.78 is 5.96. The highest BCUT2D eigenvalue weighted by molar-refractivity contribution is 5.81. The lowest BCUT2D eigenvalue weighted by atomic mass is 9.93. The van der Waals surface area contributed by atoms with E-state index in [1.807, 2.05) is 43.0 Å². The molecule has 1 aliphatic rings. The lowest BCUT2D eigenvalue weighted by Gasteiger charge is -2.34. The van der Waals surface area contributed by atoms with Crippen LogP contribution in [0, 0.1) is 12.8 Å². The average molecular weight is 333 g/mol. The van der Waals surface area contributed by atoms with E-state index in [0.717, 1.165) is 30.7 Å². The molecule has 5 nitrogen and oxygen atoms in total. The lowest BCUT2D eigenvalue weighted by molar-refractivity contribution is -0.141. The number of nitrogens with zero attached hydrogens (tertiary/aromatic N) is 1. The summed E-state index contributed by atoms with van der Waals surface area (Å²) >= 11 is 0. The zero-order valence-corrected chi connectivity index (χ0v) is 14.5. The molecule has 1 amide bonds. The summed E-state index contributed by atoms with van der Waals surface area (Å²) in [4.78, 5) is 25.4. The van der Waals surface area contributed by atoms with Gasteiger partial charge < -0.3 is 14.7 Å². The number of hydrogen-bond donors (Lipinski definition) is 1. The van der Waals surface area contributed by atoms with Crippen molar-refractivity contribution in [1.82, 2.24) is 4.90 Å². The van der Waals surface area contributed by atoms with Crippen LogP contribution < -0.4 is 4.74 Å². The summed E-state index contributed by atoms with van der Waals surface area (Å²) in [6.45, 7) is 5.29. The first-order valence-electron chi connectivity index (χ1n) is 8.74. The zero-order chi connectivity index (χ0) is 17.5. The molecule has 0 aliphatic carbocycles. The predicted octanol–water partition coefficient (Wildman–Crippen LogP) is 3.26. The first-order chi connectivity index (χ1) is 11.5. The third kappa shape index (κ3) is 4.98. The van der Waals surface area contributed by atoms with Crippen molar-refractivity contribution in [1.29, 1.82) is 0 Å². The van der Waals surface area contributed by atoms with E-state index in [-0.39, 0.29) is 18.2 Å². The van der Waals surface area contributed by atoms with E-state index in [1.54, 1.807) is 0 Å². The molecule has 1 aromatic carbocycles. The molecule has 1 N–H and O–H groups in total. The van der Waals surface area contributed by atoms with Gasteiger partial charge in [0.15, 0.2) is 6.10 Å². The van der Waals surface area contributed by atoms with E-state index in [2.05, 4.69) is 0 Å². The third-order valence-electron chi connectivity index (χ3n) is 4.61. The number of carboxylic acid groups (broad SMARTS) is 1. The molecular weight excluding hydrogens is 306 g/mol. The Morgan fingerprint density at radius 1 is 1.38 bits per heavy atom. The Morgan fingerprint density at radius 2 is 2.12 bits per heavy atom. The quantitative estimate of drug-likeness (QED) is 0.832. The van der Waals surface area contributed by atoms with Crippen LogP contribution in [0.3, 0.4) is 0 Å². The smallest absolute Gasteiger partial charge is 0.303 e. The fraction of sp³-hybridized carbons (Fsp3) is 0.579. The second-order valence-electron chi connectivity index (χ2n) is 6.51. The summed E-state index contributed by atoms with van der Waals surface area (Å²) in [7, 11) is 0. The summed E-state index contributed by atoms with van der Waals surface area (Å²) in [5.41, 5.74) is 1.02. The standard InChI is InChI=1S/C19H27NO4/c1-3-16(24-17-9-5-4-7-14(17)2)19(23)20-12-6-8-15(13-20)10-11-18(21)22/h4-5,7,9,15-16H,3,6,8,10-13H2,1-2H3,(H,21,22). The van der Waals surface area contributed by atoms with Gasteiger partial charge in [0, 0.05) is 19.5 Å². The number of ether oxygens (including phenoxy) is 1. The molecule has 0 bridgehead atoms. The number of likely N-dealkylation sites (tertiary alicyclic amines) is 1. The highest BCUT2D eigenvalue weighted by Gasteiger charge is 2.29. The minimum Gasteiger partial charge on any atom is -0.481 e. The van der Waals surface area contributed by atoms with Gasteiger partial charge >= 0.3 is 5.97 Å². The molecule has 0 spiro atoms. The Kier molecular flexibility index (Phi) is 6.64. The van der Waals surface area contributed by atoms with Crippen LogP contribution in [0.15, 0.2) is 24.3 Å². The molecule has 0 saturated carbocycles. The maximum Gasteiger partial charge on any atom is 0.303 e. The van der Waals surface area contributed by atoms with Crippen LogP contribution in [-0.2, 0) is 9.59 Å². The van der Waals surface area contributed by atoms with Gasteiger partial charge in [-0.2, -0.15) is 0 Å². The van der Waals surface area contributed by atoms with E-state index in [1.165, 1.54) is 0 Å². The second-order valence-corrected chi connectivity index (χ2v) is 6.51. The second kappa shape index (κ2) is 8.71. The van der Waals surface area contributed by atoms with Crippen molar-refractivity contribution in [2.24, 2.45) is 5.92 Å². The van der Waals surface area contributed by atoms with Gasteiger partial charge in [-0.3, -0.25) is 9.59 Å². The van der Waals surface area contributed by atoms with Crippen molar-refractivity contribution in [3.8, 4) is 5.75 Å². The number of carbonyl (C=O) groups excluding carboxylic acids is 1. The van der Waals surface area contributed by atoms with E-state index < -0.39 is 12.1 Å². The number of carbonyl (C=O) groups is 2. The van der Waals surface area contributed by atoms with Crippen molar-refractivity contribution in [2.45, 2.75) is 52.1 Å². The minimum absolute atomic E-state index is 0.0146. The third-order valence-corrected chi connectivity index (χ3v) is 4.61. The van der Waals surface area contributed by atoms with Gasteiger partial charge in [-0.05, 0) is 50.2 Å². The molecule has 0 radical (unpaired) electrons. The number of amides is 1. The number of para-hydroxylation sites is 1. The normalized spacial score (nSPS) is 18.9. The van der Waals surface area contributed by atoms with E-state index in [4.69, 9.17) is 9.84 Å². The first kappa shape index (κ1) is 18.3. The Morgan fingerprint density at radius 3 is 2.79 bits per heavy atom. The van der Waals surface area contributed by atoms with Crippen molar-refractivity contribution >= 4 is 11.9 Å². The molecule has 1 aliphatic heterocycles. The van der Waals surface area contributed by atoms with Crippen LogP contribution >= 0.6 is 0 Å². The number of carboxylic acids is 1. The molecule has 1 saturated heterocycles. The summed E-state index contributed by atoms with van der Waals surface area (Å²) in [5.74, 6) is 0.264. The van der Waals surface area contributed by atoms with Crippen molar-refractivity contribution < 1.29 is 19.4 Å². The molecule has 0 aromatic heterocycles. The van der Waals surface area contributed by atoms with Crippen LogP contribution in [-0.4, -0.2) is 41.1 Å². The van der Waals surface area contributed by atoms with E-state index in [0.29, 0.717) is 19.4 Å². The molecular formula is C19H27NO4. The average Bonchev–Trinajstić information content (AvgIpc) is 2.59.